The summed E-state index contributed by atoms with van der Waals surface area (Å²) in [6.45, 7) is 2.56. The van der Waals surface area contributed by atoms with E-state index in [9.17, 15) is 9.18 Å². The van der Waals surface area contributed by atoms with E-state index in [4.69, 9.17) is 9.84 Å². The molecule has 0 aliphatic heterocycles. The SMILES string of the molecule is CC(O)CCNC(=O)Nc1ccc(F)cc1OCC1CC1. The van der Waals surface area contributed by atoms with E-state index in [0.717, 1.165) is 12.8 Å². The molecule has 116 valence electrons. The molecule has 0 bridgehead atoms. The van der Waals surface area contributed by atoms with Crippen molar-refractivity contribution in [3.05, 3.63) is 24.0 Å². The van der Waals surface area contributed by atoms with E-state index in [1.54, 1.807) is 6.92 Å². The molecular formula is C15H21FN2O3. The topological polar surface area (TPSA) is 70.6 Å². The van der Waals surface area contributed by atoms with Crippen molar-refractivity contribution in [1.82, 2.24) is 5.32 Å². The van der Waals surface area contributed by atoms with Gasteiger partial charge in [-0.25, -0.2) is 9.18 Å². The van der Waals surface area contributed by atoms with Crippen LogP contribution in [-0.4, -0.2) is 30.4 Å². The Labute approximate surface area is 123 Å². The lowest BCUT2D eigenvalue weighted by atomic mass is 10.2. The molecule has 21 heavy (non-hydrogen) atoms. The van der Waals surface area contributed by atoms with Crippen LogP contribution in [0.25, 0.3) is 0 Å². The highest BCUT2D eigenvalue weighted by atomic mass is 19.1. The molecule has 1 aliphatic rings. The van der Waals surface area contributed by atoms with Crippen molar-refractivity contribution in [3.63, 3.8) is 0 Å². The predicted molar refractivity (Wildman–Crippen MR) is 77.9 cm³/mol. The van der Waals surface area contributed by atoms with Crippen LogP contribution >= 0.6 is 0 Å². The highest BCUT2D eigenvalue weighted by Gasteiger charge is 2.22. The molecule has 3 N–H and O–H groups in total. The van der Waals surface area contributed by atoms with Gasteiger partial charge < -0.3 is 20.5 Å². The van der Waals surface area contributed by atoms with Gasteiger partial charge in [0, 0.05) is 12.6 Å². The average molecular weight is 296 g/mol. The molecule has 1 fully saturated rings. The minimum absolute atomic E-state index is 0.340. The molecule has 1 aromatic rings. The Kier molecular flexibility index (Phi) is 5.38. The van der Waals surface area contributed by atoms with Gasteiger partial charge in [0.1, 0.15) is 11.6 Å². The quantitative estimate of drug-likeness (QED) is 0.724. The van der Waals surface area contributed by atoms with Crippen molar-refractivity contribution in [3.8, 4) is 5.75 Å². The van der Waals surface area contributed by atoms with Crippen LogP contribution in [0.3, 0.4) is 0 Å². The summed E-state index contributed by atoms with van der Waals surface area (Å²) >= 11 is 0. The second-order valence-electron chi connectivity index (χ2n) is 5.41. The number of anilines is 1. The van der Waals surface area contributed by atoms with Crippen LogP contribution in [-0.2, 0) is 0 Å². The van der Waals surface area contributed by atoms with Crippen LogP contribution in [0.15, 0.2) is 18.2 Å². The molecule has 0 saturated heterocycles. The van der Waals surface area contributed by atoms with Crippen molar-refractivity contribution in [2.45, 2.75) is 32.3 Å². The van der Waals surface area contributed by atoms with Gasteiger partial charge in [-0.05, 0) is 44.2 Å². The number of aliphatic hydroxyl groups excluding tert-OH is 1. The van der Waals surface area contributed by atoms with Crippen molar-refractivity contribution < 1.29 is 19.0 Å². The Bertz CT molecular complexity index is 490. The molecule has 0 aromatic heterocycles. The Morgan fingerprint density at radius 2 is 2.29 bits per heavy atom. The largest absolute Gasteiger partial charge is 0.491 e. The minimum atomic E-state index is -0.464. The molecular weight excluding hydrogens is 275 g/mol. The van der Waals surface area contributed by atoms with E-state index in [0.29, 0.717) is 36.9 Å². The first-order chi connectivity index (χ1) is 10.0. The summed E-state index contributed by atoms with van der Waals surface area (Å²) in [4.78, 5) is 11.7. The predicted octanol–water partition coefficient (Wildman–Crippen LogP) is 2.51. The maximum Gasteiger partial charge on any atom is 0.319 e. The lowest BCUT2D eigenvalue weighted by Crippen LogP contribution is -2.31. The van der Waals surface area contributed by atoms with E-state index < -0.39 is 18.0 Å². The number of amides is 2. The third-order valence-electron chi connectivity index (χ3n) is 3.21. The molecule has 1 unspecified atom stereocenters. The normalized spacial score (nSPS) is 15.4. The average Bonchev–Trinajstić information content (AvgIpc) is 3.22. The first-order valence-electron chi connectivity index (χ1n) is 7.20. The number of nitrogens with one attached hydrogen (secondary N) is 2. The summed E-state index contributed by atoms with van der Waals surface area (Å²) in [5, 5.41) is 14.4. The highest BCUT2D eigenvalue weighted by Crippen LogP contribution is 2.32. The lowest BCUT2D eigenvalue weighted by Gasteiger charge is -2.13. The molecule has 0 spiro atoms. The van der Waals surface area contributed by atoms with Gasteiger partial charge in [0.25, 0.3) is 0 Å². The monoisotopic (exact) mass is 296 g/mol. The number of halogens is 1. The van der Waals surface area contributed by atoms with Crippen molar-refractivity contribution in [2.24, 2.45) is 5.92 Å². The van der Waals surface area contributed by atoms with Gasteiger partial charge in [-0.2, -0.15) is 0 Å². The zero-order chi connectivity index (χ0) is 15.2. The molecule has 5 nitrogen and oxygen atoms in total. The summed E-state index contributed by atoms with van der Waals surface area (Å²) in [5.41, 5.74) is 0.437. The van der Waals surface area contributed by atoms with Gasteiger partial charge in [-0.1, -0.05) is 0 Å². The van der Waals surface area contributed by atoms with Gasteiger partial charge in [-0.3, -0.25) is 0 Å². The molecule has 1 aromatic carbocycles. The Morgan fingerprint density at radius 3 is 2.95 bits per heavy atom. The van der Waals surface area contributed by atoms with E-state index >= 15 is 0 Å². The van der Waals surface area contributed by atoms with E-state index in [2.05, 4.69) is 10.6 Å². The Morgan fingerprint density at radius 1 is 1.52 bits per heavy atom. The number of carbonyl (C=O) groups is 1. The number of hydrogen-bond acceptors (Lipinski definition) is 3. The van der Waals surface area contributed by atoms with E-state index in [1.165, 1.54) is 18.2 Å². The third kappa shape index (κ3) is 5.59. The number of benzene rings is 1. The number of carbonyl (C=O) groups excluding carboxylic acids is 1. The third-order valence-corrected chi connectivity index (χ3v) is 3.21. The maximum absolute atomic E-state index is 13.3. The van der Waals surface area contributed by atoms with Crippen molar-refractivity contribution in [2.75, 3.05) is 18.5 Å². The fourth-order valence-electron chi connectivity index (χ4n) is 1.77. The zero-order valence-corrected chi connectivity index (χ0v) is 12.1. The maximum atomic E-state index is 13.3. The smallest absolute Gasteiger partial charge is 0.319 e. The molecule has 1 saturated carbocycles. The second-order valence-corrected chi connectivity index (χ2v) is 5.41. The van der Waals surface area contributed by atoms with Gasteiger partial charge in [0.15, 0.2) is 0 Å². The first-order valence-corrected chi connectivity index (χ1v) is 7.20. The van der Waals surface area contributed by atoms with E-state index in [-0.39, 0.29) is 0 Å². The van der Waals surface area contributed by atoms with Crippen molar-refractivity contribution in [1.29, 1.82) is 0 Å². The first kappa shape index (κ1) is 15.6. The highest BCUT2D eigenvalue weighted by molar-refractivity contribution is 5.90. The number of ether oxygens (including phenoxy) is 1. The fourth-order valence-corrected chi connectivity index (χ4v) is 1.77. The Hall–Kier alpha value is -1.82. The summed E-state index contributed by atoms with van der Waals surface area (Å²) in [5.74, 6) is 0.481. The van der Waals surface area contributed by atoms with Crippen LogP contribution in [0.5, 0.6) is 5.75 Å². The van der Waals surface area contributed by atoms with Crippen LogP contribution in [0, 0.1) is 11.7 Å². The molecule has 1 atom stereocenters. The number of urea groups is 1. The summed E-state index contributed by atoms with van der Waals surface area (Å²) in [6, 6.07) is 3.62. The van der Waals surface area contributed by atoms with Crippen LogP contribution in [0.1, 0.15) is 26.2 Å². The standard InChI is InChI=1S/C15H21FN2O3/c1-10(19)6-7-17-15(20)18-13-5-4-12(16)8-14(13)21-9-11-2-3-11/h4-5,8,10-11,19H,2-3,6-7,9H2,1H3,(H2,17,18,20). The van der Waals surface area contributed by atoms with E-state index in [1.807, 2.05) is 0 Å². The number of aliphatic hydroxyl groups is 1. The summed E-state index contributed by atoms with van der Waals surface area (Å²) in [6.07, 6.45) is 2.28. The molecule has 0 radical (unpaired) electrons. The van der Waals surface area contributed by atoms with Gasteiger partial charge in [0.2, 0.25) is 0 Å². The summed E-state index contributed by atoms with van der Waals surface area (Å²) in [7, 11) is 0. The minimum Gasteiger partial charge on any atom is -0.491 e. The van der Waals surface area contributed by atoms with Gasteiger partial charge >= 0.3 is 6.03 Å². The number of rotatable bonds is 7. The Balaban J connectivity index is 1.89. The molecule has 2 amide bonds. The summed E-state index contributed by atoms with van der Waals surface area (Å²) < 4.78 is 18.8. The van der Waals surface area contributed by atoms with Gasteiger partial charge in [0.05, 0.1) is 18.4 Å². The van der Waals surface area contributed by atoms with Crippen LogP contribution in [0.4, 0.5) is 14.9 Å². The molecule has 2 rings (SSSR count). The van der Waals surface area contributed by atoms with Crippen LogP contribution in [0.2, 0.25) is 0 Å². The zero-order valence-electron chi connectivity index (χ0n) is 12.1. The van der Waals surface area contributed by atoms with Crippen molar-refractivity contribution >= 4 is 11.7 Å². The number of hydrogen-bond donors (Lipinski definition) is 3. The lowest BCUT2D eigenvalue weighted by molar-refractivity contribution is 0.184. The molecule has 1 aliphatic carbocycles. The molecule has 0 heterocycles. The second kappa shape index (κ2) is 7.26. The van der Waals surface area contributed by atoms with Crippen LogP contribution < -0.4 is 15.4 Å². The fraction of sp³-hybridized carbons (Fsp3) is 0.533. The molecule has 6 heteroatoms. The van der Waals surface area contributed by atoms with Gasteiger partial charge in [-0.15, -0.1) is 0 Å².